The van der Waals surface area contributed by atoms with Gasteiger partial charge in [0.15, 0.2) is 5.78 Å². The Labute approximate surface area is 359 Å². The van der Waals surface area contributed by atoms with E-state index in [4.69, 9.17) is 26.2 Å². The second-order valence-corrected chi connectivity index (χ2v) is 19.5. The lowest BCUT2D eigenvalue weighted by atomic mass is 9.88. The van der Waals surface area contributed by atoms with Crippen LogP contribution in [0.2, 0.25) is 0 Å². The first-order valence-corrected chi connectivity index (χ1v) is 23.8. The maximum atomic E-state index is 13.5. The number of ketones is 1. The van der Waals surface area contributed by atoms with Crippen LogP contribution in [0.5, 0.6) is 0 Å². The van der Waals surface area contributed by atoms with Crippen LogP contribution in [0.25, 0.3) is 0 Å². The van der Waals surface area contributed by atoms with Crippen molar-refractivity contribution in [2.75, 3.05) is 38.2 Å². The fraction of sp³-hybridized carbons (Fsp3) is 0.525. The summed E-state index contributed by atoms with van der Waals surface area (Å²) in [4.78, 5) is 89.1. The Kier molecular flexibility index (Phi) is 18.7. The van der Waals surface area contributed by atoms with Gasteiger partial charge in [0.25, 0.3) is 11.8 Å². The van der Waals surface area contributed by atoms with E-state index in [1.54, 1.807) is 42.5 Å². The molecule has 0 bridgehead atoms. The van der Waals surface area contributed by atoms with Gasteiger partial charge >= 0.3 is 12.0 Å². The van der Waals surface area contributed by atoms with Crippen molar-refractivity contribution in [3.63, 3.8) is 0 Å². The Bertz CT molecular complexity index is 1960. The molecule has 2 aromatic rings. The van der Waals surface area contributed by atoms with E-state index in [1.807, 2.05) is 0 Å². The number of carbonyl (C=O) groups excluding carboxylic acids is 6. The lowest BCUT2D eigenvalue weighted by Gasteiger charge is -2.32. The number of benzene rings is 2. The summed E-state index contributed by atoms with van der Waals surface area (Å²) in [7, 11) is -3.02. The fourth-order valence-electron chi connectivity index (χ4n) is 7.03. The van der Waals surface area contributed by atoms with E-state index in [9.17, 15) is 37.8 Å². The van der Waals surface area contributed by atoms with Crippen molar-refractivity contribution in [3.8, 4) is 0 Å². The zero-order chi connectivity index (χ0) is 43.7. The average Bonchev–Trinajstić information content (AvgIpc) is 3.76. The minimum atomic E-state index is -3.02. The molecule has 5 atom stereocenters. The van der Waals surface area contributed by atoms with E-state index in [0.29, 0.717) is 82.2 Å². The molecule has 6 amide bonds. The first-order chi connectivity index (χ1) is 28.6. The summed E-state index contributed by atoms with van der Waals surface area (Å²) in [5.41, 5.74) is 9.34. The summed E-state index contributed by atoms with van der Waals surface area (Å²) >= 11 is 6.28. The topological polar surface area (TPSA) is 255 Å². The molecule has 2 aliphatic rings. The molecule has 328 valence electrons. The van der Waals surface area contributed by atoms with E-state index < -0.39 is 37.3 Å². The number of unbranched alkanes of at least 4 members (excludes halogenated alkanes) is 4. The van der Waals surface area contributed by atoms with Crippen LogP contribution >= 0.6 is 11.8 Å². The summed E-state index contributed by atoms with van der Waals surface area (Å²) in [5, 5.41) is 21.6. The third-order valence-corrected chi connectivity index (χ3v) is 12.7. The molecule has 2 saturated heterocycles. The number of urea groups is 1. The van der Waals surface area contributed by atoms with Gasteiger partial charge in [0.1, 0.15) is 13.5 Å². The van der Waals surface area contributed by atoms with E-state index >= 15 is 0 Å². The quantitative estimate of drug-likeness (QED) is 0.0327. The van der Waals surface area contributed by atoms with Crippen LogP contribution in [0, 0.1) is 0 Å². The number of carbonyl (C=O) groups is 7. The normalized spacial score (nSPS) is 19.5. The molecule has 2 heterocycles. The molecule has 20 heteroatoms. The minimum absolute atomic E-state index is 0.0171. The highest BCUT2D eigenvalue weighted by Crippen LogP contribution is 2.44. The standard InChI is InChI=1S/C40H55N7O10S3/c1-60(56,58)57-25-24-47(46-36(52)29-17-8-7-16-28(29)34(51)27-14-4-2-5-15-27)37(53)30(41)18-10-13-22-42-32(48)19-6-3-12-23-43-38(54)40(21-11-9-20-33(49)50)35-31(26-59-40)44-39(55)45-35/h2,4-5,7-8,14-17,30-31,35H,3,6,9-13,18-26,41H2,1H3,(H,42,48)(H,43,54)(H,46,52)(H,49,50)(H2,44,45,55)/t30-,31-,35-,40-,60?/m0/s1. The molecule has 0 saturated carbocycles. The number of nitrogens with zero attached hydrogens (tertiary/aromatic N) is 1. The van der Waals surface area contributed by atoms with Crippen LogP contribution in [-0.2, 0) is 43.3 Å². The molecule has 0 aromatic heterocycles. The summed E-state index contributed by atoms with van der Waals surface area (Å²) in [6, 6.07) is 12.8. The number of hydrogen-bond acceptors (Lipinski definition) is 12. The van der Waals surface area contributed by atoms with Crippen LogP contribution in [0.4, 0.5) is 4.79 Å². The van der Waals surface area contributed by atoms with Crippen LogP contribution in [0.3, 0.4) is 0 Å². The fourth-order valence-corrected chi connectivity index (χ4v) is 9.26. The van der Waals surface area contributed by atoms with E-state index in [1.165, 1.54) is 30.2 Å². The second-order valence-electron chi connectivity index (χ2n) is 14.7. The van der Waals surface area contributed by atoms with Crippen LogP contribution in [0.1, 0.15) is 96.9 Å². The zero-order valence-corrected chi connectivity index (χ0v) is 36.1. The Morgan fingerprint density at radius 2 is 1.60 bits per heavy atom. The van der Waals surface area contributed by atoms with Crippen molar-refractivity contribution < 1.29 is 47.1 Å². The second kappa shape index (κ2) is 23.4. The van der Waals surface area contributed by atoms with E-state index in [-0.39, 0.29) is 72.8 Å². The van der Waals surface area contributed by atoms with Gasteiger partial charge in [-0.2, -0.15) is 0 Å². The van der Waals surface area contributed by atoms with Crippen molar-refractivity contribution in [1.82, 2.24) is 31.7 Å². The molecule has 0 aliphatic carbocycles. The van der Waals surface area contributed by atoms with Crippen molar-refractivity contribution in [3.05, 3.63) is 71.3 Å². The van der Waals surface area contributed by atoms with Gasteiger partial charge in [-0.1, -0.05) is 61.4 Å². The van der Waals surface area contributed by atoms with E-state index in [0.717, 1.165) is 5.01 Å². The molecular weight excluding hydrogens is 835 g/mol. The maximum Gasteiger partial charge on any atom is 0.315 e. The zero-order valence-electron chi connectivity index (χ0n) is 33.6. The number of hydrogen-bond donors (Lipinski definition) is 7. The Balaban J connectivity index is 1.16. The number of carboxylic acid groups (broad SMARTS) is 1. The molecule has 2 aromatic carbocycles. The Morgan fingerprint density at radius 1 is 0.933 bits per heavy atom. The smallest absolute Gasteiger partial charge is 0.315 e. The van der Waals surface area contributed by atoms with Crippen LogP contribution < -0.4 is 32.4 Å². The van der Waals surface area contributed by atoms with Crippen molar-refractivity contribution >= 4 is 73.1 Å². The number of thioether (sulfide) groups is 1. The third kappa shape index (κ3) is 14.5. The predicted molar refractivity (Wildman–Crippen MR) is 230 cm³/mol. The van der Waals surface area contributed by atoms with Gasteiger partial charge in [0.2, 0.25) is 11.8 Å². The third-order valence-electron chi connectivity index (χ3n) is 10.1. The molecule has 1 unspecified atom stereocenters. The number of fused-ring (bicyclic) bond motifs is 1. The summed E-state index contributed by atoms with van der Waals surface area (Å²) < 4.78 is 16.2. The van der Waals surface area contributed by atoms with Gasteiger partial charge < -0.3 is 32.1 Å². The summed E-state index contributed by atoms with van der Waals surface area (Å²) in [6.07, 6.45) is 6.16. The van der Waals surface area contributed by atoms with Crippen molar-refractivity contribution in [1.29, 1.82) is 0 Å². The molecule has 0 spiro atoms. The van der Waals surface area contributed by atoms with Gasteiger partial charge in [-0.25, -0.2) is 9.00 Å². The van der Waals surface area contributed by atoms with Crippen LogP contribution in [0.15, 0.2) is 54.6 Å². The minimum Gasteiger partial charge on any atom is -0.481 e. The largest absolute Gasteiger partial charge is 0.481 e. The van der Waals surface area contributed by atoms with Gasteiger partial charge in [0.05, 0.1) is 36.8 Å². The highest BCUT2D eigenvalue weighted by atomic mass is 32.8. The lowest BCUT2D eigenvalue weighted by molar-refractivity contribution is -0.137. The van der Waals surface area contributed by atoms with Crippen molar-refractivity contribution in [2.45, 2.75) is 93.5 Å². The molecule has 2 fully saturated rings. The number of nitrogens with one attached hydrogen (secondary N) is 5. The number of carboxylic acids is 1. The molecule has 17 nitrogen and oxygen atoms in total. The molecule has 4 rings (SSSR count). The van der Waals surface area contributed by atoms with Gasteiger partial charge in [0, 0.05) is 60.3 Å². The summed E-state index contributed by atoms with van der Waals surface area (Å²) in [5.74, 6) is -2.35. The Morgan fingerprint density at radius 3 is 2.32 bits per heavy atom. The monoisotopic (exact) mass is 889 g/mol. The Hall–Kier alpha value is -4.63. The number of rotatable bonds is 25. The number of hydrazine groups is 1. The van der Waals surface area contributed by atoms with E-state index in [2.05, 4.69) is 26.7 Å². The molecular formula is C40H55N7O10S3. The van der Waals surface area contributed by atoms with Gasteiger partial charge in [-0.15, -0.1) is 11.8 Å². The van der Waals surface area contributed by atoms with Crippen molar-refractivity contribution in [2.24, 2.45) is 5.73 Å². The first-order valence-electron chi connectivity index (χ1n) is 20.0. The predicted octanol–water partition coefficient (Wildman–Crippen LogP) is 2.17. The van der Waals surface area contributed by atoms with Gasteiger partial charge in [-0.3, -0.25) is 43.4 Å². The lowest BCUT2D eigenvalue weighted by Crippen LogP contribution is -2.56. The number of nitrogens with two attached hydrogens (primary N) is 1. The molecule has 0 radical (unpaired) electrons. The number of aliphatic carboxylic acids is 1. The SMILES string of the molecule is CS(=O)(=S)OCCN(NC(=O)c1ccccc1C(=O)c1ccccc1)C(=O)[C@@H](N)CCCCNC(=O)CCCCCNC(=O)[C@@]1(CCCCC(=O)O)SC[C@@H]2NC(=O)N[C@@H]21. The number of amides is 6. The molecule has 8 N–H and O–H groups in total. The highest BCUT2D eigenvalue weighted by molar-refractivity contribution is 8.29. The molecule has 2 aliphatic heterocycles. The maximum absolute atomic E-state index is 13.5. The summed E-state index contributed by atoms with van der Waals surface area (Å²) in [6.45, 7) is 0.295. The van der Waals surface area contributed by atoms with Crippen LogP contribution in [-0.4, -0.2) is 117 Å². The highest BCUT2D eigenvalue weighted by Gasteiger charge is 2.57. The average molecular weight is 890 g/mol. The first kappa shape index (κ1) is 48.0. The molecule has 60 heavy (non-hydrogen) atoms. The van der Waals surface area contributed by atoms with Gasteiger partial charge in [-0.05, 0) is 51.0 Å².